The second-order valence-electron chi connectivity index (χ2n) is 7.76. The third-order valence-corrected chi connectivity index (χ3v) is 7.11. The van der Waals surface area contributed by atoms with Crippen molar-refractivity contribution in [2.24, 2.45) is 0 Å². The van der Waals surface area contributed by atoms with Crippen molar-refractivity contribution in [3.8, 4) is 10.6 Å². The fourth-order valence-electron chi connectivity index (χ4n) is 3.86. The highest BCUT2D eigenvalue weighted by Gasteiger charge is 2.25. The van der Waals surface area contributed by atoms with Gasteiger partial charge < -0.3 is 10.2 Å². The summed E-state index contributed by atoms with van der Waals surface area (Å²) in [5.74, 6) is 0.0511. The Labute approximate surface area is 186 Å². The highest BCUT2D eigenvalue weighted by Crippen LogP contribution is 2.26. The lowest BCUT2D eigenvalue weighted by Crippen LogP contribution is -2.47. The first-order valence-corrected chi connectivity index (χ1v) is 12.2. The van der Waals surface area contributed by atoms with E-state index in [1.807, 2.05) is 10.8 Å². The highest BCUT2D eigenvalue weighted by atomic mass is 32.1. The number of carbonyl (C=O) groups is 1. The summed E-state index contributed by atoms with van der Waals surface area (Å²) in [4.78, 5) is 21.9. The van der Waals surface area contributed by atoms with Crippen molar-refractivity contribution in [3.05, 3.63) is 63.8 Å². The van der Waals surface area contributed by atoms with Gasteiger partial charge in [0.15, 0.2) is 0 Å². The van der Waals surface area contributed by atoms with Crippen LogP contribution in [0.1, 0.15) is 23.7 Å². The van der Waals surface area contributed by atoms with Crippen LogP contribution >= 0.6 is 22.7 Å². The van der Waals surface area contributed by atoms with Gasteiger partial charge in [-0.15, -0.1) is 11.3 Å². The van der Waals surface area contributed by atoms with Gasteiger partial charge in [-0.25, -0.2) is 4.98 Å². The first kappa shape index (κ1) is 21.2. The molecule has 0 bridgehead atoms. The van der Waals surface area contributed by atoms with Crippen molar-refractivity contribution in [3.63, 3.8) is 0 Å². The zero-order valence-corrected chi connectivity index (χ0v) is 18.9. The molecule has 3 heterocycles. The van der Waals surface area contributed by atoms with Gasteiger partial charge in [-0.2, -0.15) is 11.3 Å². The number of rotatable bonds is 8. The Kier molecular flexibility index (Phi) is 7.28. The quantitative estimate of drug-likeness (QED) is 0.540. The molecule has 0 saturated carbocycles. The van der Waals surface area contributed by atoms with E-state index in [2.05, 4.69) is 68.9 Å². The summed E-state index contributed by atoms with van der Waals surface area (Å²) in [6.45, 7) is 4.90. The van der Waals surface area contributed by atoms with Crippen LogP contribution in [0.2, 0.25) is 0 Å². The number of thiazole rings is 1. The van der Waals surface area contributed by atoms with Crippen molar-refractivity contribution < 1.29 is 4.79 Å². The molecular formula is C23H28N4OS2. The molecule has 1 N–H and O–H groups in total. The smallest absolute Gasteiger partial charge is 0.226 e. The number of hydrogen-bond donors (Lipinski definition) is 1. The molecule has 1 saturated heterocycles. The van der Waals surface area contributed by atoms with Gasteiger partial charge in [0.25, 0.3) is 0 Å². The van der Waals surface area contributed by atoms with Crippen LogP contribution in [0.4, 0.5) is 0 Å². The Morgan fingerprint density at radius 1 is 1.20 bits per heavy atom. The molecule has 1 amide bonds. The number of hydrogen-bond acceptors (Lipinski definition) is 6. The van der Waals surface area contributed by atoms with Gasteiger partial charge in [0.2, 0.25) is 5.91 Å². The molecule has 1 fully saturated rings. The van der Waals surface area contributed by atoms with Gasteiger partial charge >= 0.3 is 0 Å². The Morgan fingerprint density at radius 2 is 2.07 bits per heavy atom. The van der Waals surface area contributed by atoms with Crippen LogP contribution < -0.4 is 5.32 Å². The Morgan fingerprint density at radius 3 is 2.87 bits per heavy atom. The standard InChI is InChI=1S/C23H28N4OS2/c1-26-11-12-27(21(15-26)18-6-3-2-4-7-18)10-5-9-24-22(28)14-20-17-30-23(25-20)19-8-13-29-16-19/h2-4,6-8,13,16-17,21H,5,9-12,14-15H2,1H3,(H,24,28). The van der Waals surface area contributed by atoms with Crippen LogP contribution in [-0.4, -0.2) is 60.5 Å². The Bertz CT molecular complexity index is 926. The van der Waals surface area contributed by atoms with Crippen LogP contribution in [0.25, 0.3) is 10.6 Å². The van der Waals surface area contributed by atoms with E-state index in [0.717, 1.165) is 48.9 Å². The average molecular weight is 441 g/mol. The molecule has 0 spiro atoms. The molecule has 0 aliphatic carbocycles. The molecule has 1 atom stereocenters. The molecule has 1 aliphatic rings. The van der Waals surface area contributed by atoms with Crippen LogP contribution in [0, 0.1) is 0 Å². The molecule has 30 heavy (non-hydrogen) atoms. The van der Waals surface area contributed by atoms with E-state index in [1.54, 1.807) is 22.7 Å². The molecular weight excluding hydrogens is 412 g/mol. The summed E-state index contributed by atoms with van der Waals surface area (Å²) in [5, 5.41) is 10.2. The third kappa shape index (κ3) is 5.55. The summed E-state index contributed by atoms with van der Waals surface area (Å²) >= 11 is 3.26. The van der Waals surface area contributed by atoms with Crippen molar-refractivity contribution in [1.29, 1.82) is 0 Å². The number of piperazine rings is 1. The first-order chi connectivity index (χ1) is 14.7. The largest absolute Gasteiger partial charge is 0.356 e. The van der Waals surface area contributed by atoms with Crippen molar-refractivity contribution >= 4 is 28.6 Å². The van der Waals surface area contributed by atoms with E-state index in [-0.39, 0.29) is 5.91 Å². The number of aromatic nitrogens is 1. The van der Waals surface area contributed by atoms with Crippen LogP contribution in [-0.2, 0) is 11.2 Å². The summed E-state index contributed by atoms with van der Waals surface area (Å²) in [6, 6.07) is 13.2. The zero-order valence-electron chi connectivity index (χ0n) is 17.3. The average Bonchev–Trinajstić information content (AvgIpc) is 3.45. The third-order valence-electron chi connectivity index (χ3n) is 5.48. The van der Waals surface area contributed by atoms with Crippen LogP contribution in [0.3, 0.4) is 0 Å². The number of benzene rings is 1. The number of thiophene rings is 1. The number of nitrogens with one attached hydrogen (secondary N) is 1. The predicted molar refractivity (Wildman–Crippen MR) is 125 cm³/mol. The van der Waals surface area contributed by atoms with E-state index < -0.39 is 0 Å². The fourth-order valence-corrected chi connectivity index (χ4v) is 5.39. The molecule has 4 rings (SSSR count). The van der Waals surface area contributed by atoms with Gasteiger partial charge in [-0.05, 0) is 30.5 Å². The molecule has 1 unspecified atom stereocenters. The van der Waals surface area contributed by atoms with Crippen molar-refractivity contribution in [2.75, 3.05) is 39.8 Å². The molecule has 3 aromatic rings. The Hall–Kier alpha value is -2.06. The predicted octanol–water partition coefficient (Wildman–Crippen LogP) is 3.91. The summed E-state index contributed by atoms with van der Waals surface area (Å²) < 4.78 is 0. The maximum atomic E-state index is 12.3. The molecule has 1 aromatic carbocycles. The molecule has 1 aliphatic heterocycles. The lowest BCUT2D eigenvalue weighted by Gasteiger charge is -2.40. The number of nitrogens with zero attached hydrogens (tertiary/aromatic N) is 3. The van der Waals surface area contributed by atoms with E-state index in [0.29, 0.717) is 19.0 Å². The topological polar surface area (TPSA) is 48.5 Å². The monoisotopic (exact) mass is 440 g/mol. The van der Waals surface area contributed by atoms with E-state index in [9.17, 15) is 4.79 Å². The number of amides is 1. The minimum atomic E-state index is 0.0511. The van der Waals surface area contributed by atoms with E-state index in [4.69, 9.17) is 0 Å². The highest BCUT2D eigenvalue weighted by molar-refractivity contribution is 7.14. The molecule has 158 valence electrons. The van der Waals surface area contributed by atoms with Crippen LogP contribution in [0.15, 0.2) is 52.5 Å². The van der Waals surface area contributed by atoms with Gasteiger partial charge in [-0.3, -0.25) is 9.69 Å². The zero-order chi connectivity index (χ0) is 20.8. The normalized spacial score (nSPS) is 17.8. The van der Waals surface area contributed by atoms with Gasteiger partial charge in [0.1, 0.15) is 5.01 Å². The number of likely N-dealkylation sites (N-methyl/N-ethyl adjacent to an activating group) is 1. The van der Waals surface area contributed by atoms with Gasteiger partial charge in [0, 0.05) is 55.1 Å². The second kappa shape index (κ2) is 10.3. The number of carbonyl (C=O) groups excluding carboxylic acids is 1. The maximum Gasteiger partial charge on any atom is 0.226 e. The fraction of sp³-hybridized carbons (Fsp3) is 0.391. The van der Waals surface area contributed by atoms with Gasteiger partial charge in [-0.1, -0.05) is 30.3 Å². The summed E-state index contributed by atoms with van der Waals surface area (Å²) in [7, 11) is 2.19. The van der Waals surface area contributed by atoms with Gasteiger partial charge in [0.05, 0.1) is 12.1 Å². The molecule has 2 aromatic heterocycles. The summed E-state index contributed by atoms with van der Waals surface area (Å²) in [5.41, 5.74) is 3.36. The second-order valence-corrected chi connectivity index (χ2v) is 9.40. The lowest BCUT2D eigenvalue weighted by atomic mass is 10.0. The SMILES string of the molecule is CN1CCN(CCCNC(=O)Cc2csc(-c3ccsc3)n2)C(c2ccccc2)C1. The van der Waals surface area contributed by atoms with E-state index >= 15 is 0 Å². The van der Waals surface area contributed by atoms with Crippen LogP contribution in [0.5, 0.6) is 0 Å². The molecule has 5 nitrogen and oxygen atoms in total. The minimum Gasteiger partial charge on any atom is -0.356 e. The van der Waals surface area contributed by atoms with Crippen molar-refractivity contribution in [2.45, 2.75) is 18.9 Å². The lowest BCUT2D eigenvalue weighted by molar-refractivity contribution is -0.120. The van der Waals surface area contributed by atoms with Crippen molar-refractivity contribution in [1.82, 2.24) is 20.1 Å². The Balaban J connectivity index is 1.22. The molecule has 0 radical (unpaired) electrons. The minimum absolute atomic E-state index is 0.0511. The maximum absolute atomic E-state index is 12.3. The summed E-state index contributed by atoms with van der Waals surface area (Å²) in [6.07, 6.45) is 1.30. The molecule has 7 heteroatoms. The van der Waals surface area contributed by atoms with E-state index in [1.165, 1.54) is 5.56 Å². The first-order valence-electron chi connectivity index (χ1n) is 10.4.